The molecule has 0 aliphatic carbocycles. The van der Waals surface area contributed by atoms with Crippen molar-refractivity contribution in [1.29, 1.82) is 0 Å². The number of nitrogens with zero attached hydrogens (tertiary/aromatic N) is 2. The molecule has 1 atom stereocenters. The first-order valence-electron chi connectivity index (χ1n) is 6.51. The molecule has 3 heteroatoms. The zero-order valence-corrected chi connectivity index (χ0v) is 10.9. The SMILES string of the molecule is CCCNC(C)CCc1nccn1CCC. The van der Waals surface area contributed by atoms with E-state index in [1.165, 1.54) is 25.1 Å². The summed E-state index contributed by atoms with van der Waals surface area (Å²) in [6.45, 7) is 8.86. The molecule has 1 rings (SSSR count). The van der Waals surface area contributed by atoms with Crippen LogP contribution in [0.5, 0.6) is 0 Å². The summed E-state index contributed by atoms with van der Waals surface area (Å²) in [6, 6.07) is 0.590. The standard InChI is InChI=1S/C13H25N3/c1-4-8-14-12(3)6-7-13-15-9-11-16(13)10-5-2/h9,11-12,14H,4-8,10H2,1-3H3. The van der Waals surface area contributed by atoms with Crippen LogP contribution in [0, 0.1) is 0 Å². The Morgan fingerprint density at radius 3 is 2.88 bits per heavy atom. The van der Waals surface area contributed by atoms with Crippen molar-refractivity contribution in [2.75, 3.05) is 6.54 Å². The first-order chi connectivity index (χ1) is 7.77. The van der Waals surface area contributed by atoms with Gasteiger partial charge >= 0.3 is 0 Å². The minimum atomic E-state index is 0.590. The molecule has 0 aliphatic heterocycles. The highest BCUT2D eigenvalue weighted by Gasteiger charge is 2.05. The lowest BCUT2D eigenvalue weighted by Gasteiger charge is -2.13. The van der Waals surface area contributed by atoms with E-state index in [9.17, 15) is 0 Å². The Morgan fingerprint density at radius 1 is 1.38 bits per heavy atom. The van der Waals surface area contributed by atoms with Gasteiger partial charge in [0.2, 0.25) is 0 Å². The quantitative estimate of drug-likeness (QED) is 0.734. The molecule has 0 spiro atoms. The van der Waals surface area contributed by atoms with Crippen LogP contribution in [0.4, 0.5) is 0 Å². The molecule has 0 saturated heterocycles. The normalized spacial score (nSPS) is 12.9. The van der Waals surface area contributed by atoms with Crippen molar-refractivity contribution in [3.05, 3.63) is 18.2 Å². The summed E-state index contributed by atoms with van der Waals surface area (Å²) >= 11 is 0. The number of rotatable bonds is 8. The van der Waals surface area contributed by atoms with Gasteiger partial charge in [0.1, 0.15) is 5.82 Å². The van der Waals surface area contributed by atoms with E-state index in [4.69, 9.17) is 0 Å². The summed E-state index contributed by atoms with van der Waals surface area (Å²) in [5, 5.41) is 3.51. The van der Waals surface area contributed by atoms with E-state index in [0.29, 0.717) is 6.04 Å². The highest BCUT2D eigenvalue weighted by atomic mass is 15.1. The van der Waals surface area contributed by atoms with Crippen molar-refractivity contribution in [2.45, 2.75) is 59.0 Å². The van der Waals surface area contributed by atoms with E-state index in [1.54, 1.807) is 0 Å². The number of hydrogen-bond donors (Lipinski definition) is 1. The second kappa shape index (κ2) is 7.44. The molecular formula is C13H25N3. The van der Waals surface area contributed by atoms with Gasteiger partial charge in [-0.3, -0.25) is 0 Å². The van der Waals surface area contributed by atoms with Crippen LogP contribution in [-0.4, -0.2) is 22.1 Å². The fraction of sp³-hybridized carbons (Fsp3) is 0.769. The first kappa shape index (κ1) is 13.2. The molecule has 1 N–H and O–H groups in total. The molecule has 92 valence electrons. The van der Waals surface area contributed by atoms with E-state index in [-0.39, 0.29) is 0 Å². The summed E-state index contributed by atoms with van der Waals surface area (Å²) in [5.74, 6) is 1.23. The van der Waals surface area contributed by atoms with Gasteiger partial charge in [0, 0.05) is 31.4 Å². The zero-order valence-electron chi connectivity index (χ0n) is 10.9. The molecule has 0 radical (unpaired) electrons. The Hall–Kier alpha value is -0.830. The third-order valence-electron chi connectivity index (χ3n) is 2.81. The van der Waals surface area contributed by atoms with Crippen LogP contribution < -0.4 is 5.32 Å². The molecule has 16 heavy (non-hydrogen) atoms. The maximum absolute atomic E-state index is 4.42. The van der Waals surface area contributed by atoms with E-state index >= 15 is 0 Å². The fourth-order valence-corrected chi connectivity index (χ4v) is 1.85. The second-order valence-corrected chi connectivity index (χ2v) is 4.43. The van der Waals surface area contributed by atoms with Crippen LogP contribution in [0.15, 0.2) is 12.4 Å². The Morgan fingerprint density at radius 2 is 2.19 bits per heavy atom. The monoisotopic (exact) mass is 223 g/mol. The van der Waals surface area contributed by atoms with Gasteiger partial charge in [0.25, 0.3) is 0 Å². The van der Waals surface area contributed by atoms with E-state index in [0.717, 1.165) is 19.5 Å². The number of imidazole rings is 1. The lowest BCUT2D eigenvalue weighted by molar-refractivity contribution is 0.500. The van der Waals surface area contributed by atoms with E-state index in [1.807, 2.05) is 6.20 Å². The van der Waals surface area contributed by atoms with Crippen molar-refractivity contribution in [3.63, 3.8) is 0 Å². The first-order valence-corrected chi connectivity index (χ1v) is 6.51. The number of aryl methyl sites for hydroxylation is 2. The lowest BCUT2D eigenvalue weighted by Crippen LogP contribution is -2.27. The van der Waals surface area contributed by atoms with Crippen LogP contribution in [-0.2, 0) is 13.0 Å². The smallest absolute Gasteiger partial charge is 0.108 e. The molecule has 0 fully saturated rings. The lowest BCUT2D eigenvalue weighted by atomic mass is 10.1. The molecule has 1 aromatic heterocycles. The molecule has 3 nitrogen and oxygen atoms in total. The molecule has 0 aromatic carbocycles. The van der Waals surface area contributed by atoms with Crippen LogP contribution >= 0.6 is 0 Å². The van der Waals surface area contributed by atoms with Gasteiger partial charge in [-0.2, -0.15) is 0 Å². The van der Waals surface area contributed by atoms with Crippen molar-refractivity contribution in [1.82, 2.24) is 14.9 Å². The predicted molar refractivity (Wildman–Crippen MR) is 68.6 cm³/mol. The second-order valence-electron chi connectivity index (χ2n) is 4.43. The molecule has 1 unspecified atom stereocenters. The molecule has 0 saturated carbocycles. The zero-order chi connectivity index (χ0) is 11.8. The minimum Gasteiger partial charge on any atom is -0.335 e. The van der Waals surface area contributed by atoms with Gasteiger partial charge < -0.3 is 9.88 Å². The largest absolute Gasteiger partial charge is 0.335 e. The molecule has 0 amide bonds. The predicted octanol–water partition coefficient (Wildman–Crippen LogP) is 2.61. The van der Waals surface area contributed by atoms with Gasteiger partial charge in [0.15, 0.2) is 0 Å². The number of aromatic nitrogens is 2. The molecule has 1 aromatic rings. The van der Waals surface area contributed by atoms with Gasteiger partial charge in [-0.1, -0.05) is 13.8 Å². The number of nitrogens with one attached hydrogen (secondary N) is 1. The molecule has 1 heterocycles. The van der Waals surface area contributed by atoms with Gasteiger partial charge in [-0.25, -0.2) is 4.98 Å². The summed E-state index contributed by atoms with van der Waals surface area (Å²) < 4.78 is 2.27. The van der Waals surface area contributed by atoms with Crippen LogP contribution in [0.3, 0.4) is 0 Å². The summed E-state index contributed by atoms with van der Waals surface area (Å²) in [5.41, 5.74) is 0. The topological polar surface area (TPSA) is 29.9 Å². The maximum Gasteiger partial charge on any atom is 0.108 e. The van der Waals surface area contributed by atoms with E-state index < -0.39 is 0 Å². The van der Waals surface area contributed by atoms with Crippen molar-refractivity contribution >= 4 is 0 Å². The Balaban J connectivity index is 2.32. The number of hydrogen-bond acceptors (Lipinski definition) is 2. The Labute approximate surface area is 99.3 Å². The highest BCUT2D eigenvalue weighted by Crippen LogP contribution is 2.05. The summed E-state index contributed by atoms with van der Waals surface area (Å²) in [4.78, 5) is 4.42. The van der Waals surface area contributed by atoms with Crippen molar-refractivity contribution in [2.24, 2.45) is 0 Å². The fourth-order valence-electron chi connectivity index (χ4n) is 1.85. The third kappa shape index (κ3) is 4.35. The third-order valence-corrected chi connectivity index (χ3v) is 2.81. The minimum absolute atomic E-state index is 0.590. The van der Waals surface area contributed by atoms with Gasteiger partial charge in [-0.15, -0.1) is 0 Å². The van der Waals surface area contributed by atoms with Gasteiger partial charge in [0.05, 0.1) is 0 Å². The summed E-state index contributed by atoms with van der Waals surface area (Å²) in [7, 11) is 0. The Kier molecular flexibility index (Phi) is 6.16. The average molecular weight is 223 g/mol. The molecule has 0 aliphatic rings. The van der Waals surface area contributed by atoms with E-state index in [2.05, 4.69) is 41.8 Å². The van der Waals surface area contributed by atoms with Crippen molar-refractivity contribution < 1.29 is 0 Å². The Bertz CT molecular complexity index is 280. The van der Waals surface area contributed by atoms with Crippen LogP contribution in [0.2, 0.25) is 0 Å². The summed E-state index contributed by atoms with van der Waals surface area (Å²) in [6.07, 6.45) is 8.62. The molecular weight excluding hydrogens is 198 g/mol. The van der Waals surface area contributed by atoms with Crippen LogP contribution in [0.25, 0.3) is 0 Å². The molecule has 0 bridgehead atoms. The average Bonchev–Trinajstić information content (AvgIpc) is 2.72. The van der Waals surface area contributed by atoms with Gasteiger partial charge in [-0.05, 0) is 32.7 Å². The maximum atomic E-state index is 4.42. The van der Waals surface area contributed by atoms with Crippen molar-refractivity contribution in [3.8, 4) is 0 Å². The highest BCUT2D eigenvalue weighted by molar-refractivity contribution is 4.93. The van der Waals surface area contributed by atoms with Crippen LogP contribution in [0.1, 0.15) is 45.9 Å².